The van der Waals surface area contributed by atoms with Gasteiger partial charge in [-0.25, -0.2) is 14.5 Å². The van der Waals surface area contributed by atoms with E-state index in [1.165, 1.54) is 0 Å². The van der Waals surface area contributed by atoms with E-state index in [4.69, 9.17) is 20.6 Å². The van der Waals surface area contributed by atoms with Crippen LogP contribution in [0.5, 0.6) is 6.01 Å². The first-order valence-electron chi connectivity index (χ1n) is 11.7. The van der Waals surface area contributed by atoms with Crippen LogP contribution in [0.4, 0.5) is 11.6 Å². The van der Waals surface area contributed by atoms with Crippen LogP contribution in [0.1, 0.15) is 43.5 Å². The molecule has 3 aromatic rings. The molecule has 0 saturated carbocycles. The van der Waals surface area contributed by atoms with Crippen molar-refractivity contribution in [1.82, 2.24) is 29.5 Å². The second kappa shape index (κ2) is 10.3. The second-order valence-corrected chi connectivity index (χ2v) is 8.69. The molecule has 1 fully saturated rings. The molecule has 4 heterocycles. The van der Waals surface area contributed by atoms with Gasteiger partial charge in [0.2, 0.25) is 0 Å². The lowest BCUT2D eigenvalue weighted by Gasteiger charge is -2.35. The van der Waals surface area contributed by atoms with E-state index >= 15 is 0 Å². The van der Waals surface area contributed by atoms with E-state index < -0.39 is 0 Å². The lowest BCUT2D eigenvalue weighted by molar-refractivity contribution is 0.188. The second-order valence-electron chi connectivity index (χ2n) is 8.69. The number of fused-ring (bicyclic) bond motifs is 1. The zero-order valence-electron chi connectivity index (χ0n) is 19.7. The van der Waals surface area contributed by atoms with Crippen LogP contribution in [-0.4, -0.2) is 80.0 Å². The first-order valence-corrected chi connectivity index (χ1v) is 11.7. The number of ether oxygens (including phenoxy) is 1. The van der Waals surface area contributed by atoms with Crippen LogP contribution in [0.2, 0.25) is 0 Å². The number of hydrogen-bond acceptors (Lipinski definition) is 9. The highest BCUT2D eigenvalue weighted by Crippen LogP contribution is 2.22. The van der Waals surface area contributed by atoms with Crippen LogP contribution < -0.4 is 15.4 Å². The van der Waals surface area contributed by atoms with Gasteiger partial charge in [-0.05, 0) is 31.4 Å². The number of aliphatic hydroxyl groups excluding tert-OH is 1. The summed E-state index contributed by atoms with van der Waals surface area (Å²) in [5.41, 5.74) is 9.77. The van der Waals surface area contributed by atoms with Crippen molar-refractivity contribution in [1.29, 1.82) is 0 Å². The van der Waals surface area contributed by atoms with Gasteiger partial charge in [-0.15, -0.1) is 5.10 Å². The van der Waals surface area contributed by atoms with Gasteiger partial charge in [0.05, 0.1) is 24.6 Å². The predicted molar refractivity (Wildman–Crippen MR) is 128 cm³/mol. The molecule has 10 heteroatoms. The maximum absolute atomic E-state index is 9.14. The number of aliphatic hydroxyl groups is 1. The highest BCUT2D eigenvalue weighted by atomic mass is 16.5. The summed E-state index contributed by atoms with van der Waals surface area (Å²) in [5, 5.41) is 13.7. The van der Waals surface area contributed by atoms with Crippen molar-refractivity contribution in [3.05, 3.63) is 35.3 Å². The molecule has 1 aliphatic heterocycles. The summed E-state index contributed by atoms with van der Waals surface area (Å²) in [7, 11) is 0. The Morgan fingerprint density at radius 1 is 1.18 bits per heavy atom. The van der Waals surface area contributed by atoms with Crippen molar-refractivity contribution >= 4 is 17.3 Å². The highest BCUT2D eigenvalue weighted by Gasteiger charge is 2.20. The molecule has 1 aliphatic rings. The zero-order chi connectivity index (χ0) is 23.4. The third-order valence-corrected chi connectivity index (χ3v) is 6.02. The average molecular weight is 455 g/mol. The minimum atomic E-state index is 0.0173. The minimum absolute atomic E-state index is 0.0173. The number of nitrogens with two attached hydrogens (primary N) is 1. The topological polar surface area (TPSA) is 118 Å². The molecule has 4 rings (SSSR count). The van der Waals surface area contributed by atoms with Crippen LogP contribution in [-0.2, 0) is 6.42 Å². The molecule has 0 spiro atoms. The van der Waals surface area contributed by atoms with E-state index in [0.29, 0.717) is 17.9 Å². The number of nitrogen functional groups attached to an aromatic ring is 1. The summed E-state index contributed by atoms with van der Waals surface area (Å²) in [6, 6.07) is 2.44. The van der Waals surface area contributed by atoms with Crippen LogP contribution in [0.15, 0.2) is 18.5 Å². The number of nitrogens with zero attached hydrogens (tertiary/aromatic N) is 7. The normalized spacial score (nSPS) is 15.8. The molecular formula is C23H34N8O2. The summed E-state index contributed by atoms with van der Waals surface area (Å²) >= 11 is 0. The molecule has 3 N–H and O–H groups in total. The van der Waals surface area contributed by atoms with E-state index in [1.54, 1.807) is 10.7 Å². The largest absolute Gasteiger partial charge is 0.459 e. The Labute approximate surface area is 194 Å². The van der Waals surface area contributed by atoms with Gasteiger partial charge in [0.15, 0.2) is 11.5 Å². The Morgan fingerprint density at radius 3 is 2.67 bits per heavy atom. The Balaban J connectivity index is 1.50. The van der Waals surface area contributed by atoms with E-state index in [2.05, 4.69) is 44.8 Å². The summed E-state index contributed by atoms with van der Waals surface area (Å²) in [6.07, 6.45) is 6.29. The first-order chi connectivity index (χ1) is 16.0. The van der Waals surface area contributed by atoms with Crippen LogP contribution in [0.25, 0.3) is 5.65 Å². The molecule has 178 valence electrons. The highest BCUT2D eigenvalue weighted by molar-refractivity contribution is 5.60. The zero-order valence-corrected chi connectivity index (χ0v) is 19.7. The molecule has 1 unspecified atom stereocenters. The summed E-state index contributed by atoms with van der Waals surface area (Å²) < 4.78 is 7.58. The molecule has 1 saturated heterocycles. The molecular weight excluding hydrogens is 420 g/mol. The number of β-amino-alcohol motifs (C(OH)–C–C–N with tert-alkyl or cyclic N) is 1. The van der Waals surface area contributed by atoms with Gasteiger partial charge in [-0.2, -0.15) is 4.98 Å². The third-order valence-electron chi connectivity index (χ3n) is 6.02. The number of hydrogen-bond donors (Lipinski definition) is 2. The van der Waals surface area contributed by atoms with Gasteiger partial charge in [0.25, 0.3) is 0 Å². The quantitative estimate of drug-likeness (QED) is 0.498. The van der Waals surface area contributed by atoms with E-state index in [0.717, 1.165) is 68.2 Å². The Bertz CT molecular complexity index is 1080. The Kier molecular flexibility index (Phi) is 7.24. The number of anilines is 2. The monoisotopic (exact) mass is 454 g/mol. The van der Waals surface area contributed by atoms with Crippen molar-refractivity contribution in [2.45, 2.75) is 46.1 Å². The molecule has 0 aliphatic carbocycles. The lowest BCUT2D eigenvalue weighted by atomic mass is 10.1. The van der Waals surface area contributed by atoms with Gasteiger partial charge in [0.1, 0.15) is 5.82 Å². The first kappa shape index (κ1) is 23.2. The molecule has 10 nitrogen and oxygen atoms in total. The SMILES string of the molecule is CCCC(C)Oc1nc(N)c2ncc(Cc3cnc(N4CCN(CCO)CC4)c(C)c3)n2n1. The summed E-state index contributed by atoms with van der Waals surface area (Å²) in [4.78, 5) is 18.0. The fourth-order valence-electron chi connectivity index (χ4n) is 4.33. The van der Waals surface area contributed by atoms with Crippen molar-refractivity contribution in [2.24, 2.45) is 0 Å². The van der Waals surface area contributed by atoms with E-state index in [1.807, 2.05) is 13.1 Å². The smallest absolute Gasteiger partial charge is 0.336 e. The maximum atomic E-state index is 9.14. The lowest BCUT2D eigenvalue weighted by Crippen LogP contribution is -2.47. The molecule has 0 radical (unpaired) electrons. The Morgan fingerprint density at radius 2 is 1.97 bits per heavy atom. The minimum Gasteiger partial charge on any atom is -0.459 e. The van der Waals surface area contributed by atoms with Crippen molar-refractivity contribution in [3.63, 3.8) is 0 Å². The molecule has 0 aromatic carbocycles. The van der Waals surface area contributed by atoms with Gasteiger partial charge in [-0.1, -0.05) is 19.4 Å². The fourth-order valence-corrected chi connectivity index (χ4v) is 4.33. The molecule has 0 bridgehead atoms. The number of imidazole rings is 1. The van der Waals surface area contributed by atoms with Crippen molar-refractivity contribution in [2.75, 3.05) is 50.0 Å². The van der Waals surface area contributed by atoms with E-state index in [-0.39, 0.29) is 18.7 Å². The van der Waals surface area contributed by atoms with Gasteiger partial charge >= 0.3 is 6.01 Å². The molecule has 0 amide bonds. The van der Waals surface area contributed by atoms with Crippen molar-refractivity contribution in [3.8, 4) is 6.01 Å². The van der Waals surface area contributed by atoms with Gasteiger partial charge in [-0.3, -0.25) is 4.90 Å². The van der Waals surface area contributed by atoms with Crippen LogP contribution in [0.3, 0.4) is 0 Å². The van der Waals surface area contributed by atoms with Gasteiger partial charge in [0, 0.05) is 45.3 Å². The average Bonchev–Trinajstić information content (AvgIpc) is 3.18. The number of rotatable bonds is 9. The number of aryl methyl sites for hydroxylation is 1. The molecule has 1 atom stereocenters. The van der Waals surface area contributed by atoms with Crippen LogP contribution >= 0.6 is 0 Å². The standard InChI is InChI=1S/C23H34N8O2/c1-4-5-17(3)33-23-27-20(24)22-26-15-19(31(22)28-23)13-18-12-16(2)21(25-14-18)30-8-6-29(7-9-30)10-11-32/h12,14-15,17,32H,4-11,13H2,1-3H3,(H2,24,27,28). The van der Waals surface area contributed by atoms with E-state index in [9.17, 15) is 0 Å². The molecule has 3 aromatic heterocycles. The fraction of sp³-hybridized carbons (Fsp3) is 0.565. The third kappa shape index (κ3) is 5.33. The summed E-state index contributed by atoms with van der Waals surface area (Å²) in [5.74, 6) is 1.33. The predicted octanol–water partition coefficient (Wildman–Crippen LogP) is 1.68. The van der Waals surface area contributed by atoms with Crippen molar-refractivity contribution < 1.29 is 9.84 Å². The Hall–Kier alpha value is -2.98. The maximum Gasteiger partial charge on any atom is 0.336 e. The molecule has 33 heavy (non-hydrogen) atoms. The van der Waals surface area contributed by atoms with Crippen LogP contribution in [0, 0.1) is 6.92 Å². The van der Waals surface area contributed by atoms with Gasteiger partial charge < -0.3 is 20.5 Å². The summed E-state index contributed by atoms with van der Waals surface area (Å²) in [6.45, 7) is 10.9. The number of aromatic nitrogens is 5. The number of pyridine rings is 1. The number of piperazine rings is 1.